The van der Waals surface area contributed by atoms with E-state index >= 15 is 0 Å². The van der Waals surface area contributed by atoms with Crippen LogP contribution in [-0.4, -0.2) is 84.3 Å². The summed E-state index contributed by atoms with van der Waals surface area (Å²) in [6.45, 7) is 5.51. The minimum atomic E-state index is -0.909. The van der Waals surface area contributed by atoms with Gasteiger partial charge in [-0.25, -0.2) is 4.39 Å². The van der Waals surface area contributed by atoms with Gasteiger partial charge in [-0.15, -0.1) is 0 Å². The smallest absolute Gasteiger partial charge is 0.254 e. The Balaban J connectivity index is 1.47. The van der Waals surface area contributed by atoms with Crippen LogP contribution in [0.3, 0.4) is 0 Å². The number of nitrogens with two attached hydrogens (primary N) is 1. The van der Waals surface area contributed by atoms with Crippen LogP contribution in [0.1, 0.15) is 66.2 Å². The van der Waals surface area contributed by atoms with Crippen molar-refractivity contribution in [2.24, 2.45) is 5.73 Å². The van der Waals surface area contributed by atoms with Crippen molar-refractivity contribution in [3.05, 3.63) is 119 Å². The van der Waals surface area contributed by atoms with Gasteiger partial charge in [0.05, 0.1) is 0 Å². The van der Waals surface area contributed by atoms with Crippen LogP contribution >= 0.6 is 0 Å². The Morgan fingerprint density at radius 1 is 0.920 bits per heavy atom. The number of hydrogen-bond donors (Lipinski definition) is 2. The molecule has 1 saturated heterocycles. The molecule has 3 N–H and O–H groups in total. The van der Waals surface area contributed by atoms with E-state index in [0.717, 1.165) is 53.3 Å². The molecule has 50 heavy (non-hydrogen) atoms. The summed E-state index contributed by atoms with van der Waals surface area (Å²) in [5, 5.41) is 5.20. The second kappa shape index (κ2) is 16.9. The van der Waals surface area contributed by atoms with Gasteiger partial charge in [-0.1, -0.05) is 66.7 Å². The van der Waals surface area contributed by atoms with E-state index < -0.39 is 12.1 Å². The number of nitrogens with one attached hydrogen (secondary N) is 1. The van der Waals surface area contributed by atoms with Crippen molar-refractivity contribution < 1.29 is 18.8 Å². The van der Waals surface area contributed by atoms with Gasteiger partial charge in [0, 0.05) is 50.6 Å². The molecule has 9 heteroatoms. The van der Waals surface area contributed by atoms with Crippen molar-refractivity contribution in [3.8, 4) is 0 Å². The van der Waals surface area contributed by atoms with E-state index in [-0.39, 0.29) is 49.0 Å². The fourth-order valence-corrected chi connectivity index (χ4v) is 7.01. The summed E-state index contributed by atoms with van der Waals surface area (Å²) in [6.07, 6.45) is 3.48. The third kappa shape index (κ3) is 8.94. The molecule has 4 aromatic rings. The van der Waals surface area contributed by atoms with Gasteiger partial charge in [0.2, 0.25) is 11.8 Å². The van der Waals surface area contributed by atoms with E-state index in [1.807, 2.05) is 62.4 Å². The minimum absolute atomic E-state index is 0.191. The van der Waals surface area contributed by atoms with Crippen molar-refractivity contribution in [1.29, 1.82) is 0 Å². The molecule has 264 valence electrons. The molecule has 1 heterocycles. The van der Waals surface area contributed by atoms with Crippen LogP contribution in [-0.2, 0) is 22.4 Å². The highest BCUT2D eigenvalue weighted by molar-refractivity contribution is 5.99. The normalized spacial score (nSPS) is 16.5. The lowest BCUT2D eigenvalue weighted by Gasteiger charge is -2.36. The highest BCUT2D eigenvalue weighted by atomic mass is 19.1. The van der Waals surface area contributed by atoms with Gasteiger partial charge >= 0.3 is 0 Å². The Bertz CT molecular complexity index is 1780. The molecule has 0 aromatic heterocycles. The summed E-state index contributed by atoms with van der Waals surface area (Å²) in [6, 6.07) is 25.6. The van der Waals surface area contributed by atoms with Crippen molar-refractivity contribution in [2.45, 2.75) is 70.1 Å². The van der Waals surface area contributed by atoms with E-state index in [1.165, 1.54) is 17.0 Å². The number of amides is 3. The number of benzene rings is 4. The standard InChI is InChI=1S/C41H50FN5O3/c1-5-47(40(49)34-13-8-12-32(27-34)28(2)43)38(26-30-15-18-31-10-6-7-11-33(31)24-30)41(50)46(4)37(25-29-16-19-35(42)20-17-29)39(48)44-22-21-36-14-9-23-45(36)3/h6-8,10-13,15-20,24,27-28,36-38H,5,9,14,21-23,25-26,43H2,1-4H3,(H,44,48)/t28?,36?,37-,38-/m1/s1. The second-order valence-electron chi connectivity index (χ2n) is 13.6. The fraction of sp³-hybridized carbons (Fsp3) is 0.390. The highest BCUT2D eigenvalue weighted by Gasteiger charge is 2.36. The zero-order chi connectivity index (χ0) is 35.8. The highest BCUT2D eigenvalue weighted by Crippen LogP contribution is 2.23. The number of fused-ring (bicyclic) bond motifs is 1. The molecular formula is C41H50FN5O3. The van der Waals surface area contributed by atoms with Crippen LogP contribution in [0.25, 0.3) is 10.8 Å². The number of likely N-dealkylation sites (tertiary alicyclic amines) is 1. The van der Waals surface area contributed by atoms with E-state index in [1.54, 1.807) is 42.3 Å². The molecule has 0 bridgehead atoms. The fourth-order valence-electron chi connectivity index (χ4n) is 7.01. The first kappa shape index (κ1) is 36.7. The van der Waals surface area contributed by atoms with Gasteiger partial charge in [-0.3, -0.25) is 14.4 Å². The molecule has 1 fully saturated rings. The zero-order valence-corrected chi connectivity index (χ0v) is 29.6. The van der Waals surface area contributed by atoms with E-state index in [2.05, 4.69) is 17.3 Å². The largest absolute Gasteiger partial charge is 0.354 e. The molecule has 0 saturated carbocycles. The molecule has 0 spiro atoms. The first-order valence-electron chi connectivity index (χ1n) is 17.7. The third-order valence-corrected chi connectivity index (χ3v) is 10.1. The minimum Gasteiger partial charge on any atom is -0.354 e. The average molecular weight is 680 g/mol. The Morgan fingerprint density at radius 3 is 2.30 bits per heavy atom. The number of rotatable bonds is 14. The van der Waals surface area contributed by atoms with Crippen LogP contribution in [0.15, 0.2) is 91.0 Å². The number of likely N-dealkylation sites (N-methyl/N-ethyl adjacent to an activating group) is 2. The number of nitrogens with zero attached hydrogens (tertiary/aromatic N) is 3. The third-order valence-electron chi connectivity index (χ3n) is 10.1. The van der Waals surface area contributed by atoms with Crippen molar-refractivity contribution in [1.82, 2.24) is 20.0 Å². The summed E-state index contributed by atoms with van der Waals surface area (Å²) in [7, 11) is 3.73. The predicted octanol–water partition coefficient (Wildman–Crippen LogP) is 5.74. The van der Waals surface area contributed by atoms with Gasteiger partial charge < -0.3 is 25.8 Å². The molecule has 3 amide bonds. The molecule has 0 radical (unpaired) electrons. The van der Waals surface area contributed by atoms with Crippen LogP contribution in [0.4, 0.5) is 4.39 Å². The van der Waals surface area contributed by atoms with Crippen molar-refractivity contribution >= 4 is 28.5 Å². The first-order chi connectivity index (χ1) is 24.0. The Hall–Kier alpha value is -4.60. The number of hydrogen-bond acceptors (Lipinski definition) is 5. The SMILES string of the molecule is CCN(C(=O)c1cccc(C(C)N)c1)[C@H](Cc1ccc2ccccc2c1)C(=O)N(C)[C@H](Cc1ccc(F)cc1)C(=O)NCCC1CCCN1C. The second-order valence-corrected chi connectivity index (χ2v) is 13.6. The first-order valence-corrected chi connectivity index (χ1v) is 17.7. The van der Waals surface area contributed by atoms with Crippen LogP contribution in [0.2, 0.25) is 0 Å². The number of carbonyl (C=O) groups excluding carboxylic acids is 3. The Labute approximate surface area is 295 Å². The topological polar surface area (TPSA) is 99.0 Å². The molecule has 5 rings (SSSR count). The van der Waals surface area contributed by atoms with Crippen LogP contribution in [0, 0.1) is 5.82 Å². The molecule has 0 aliphatic carbocycles. The summed E-state index contributed by atoms with van der Waals surface area (Å²) >= 11 is 0. The molecule has 4 aromatic carbocycles. The average Bonchev–Trinajstić information content (AvgIpc) is 3.54. The van der Waals surface area contributed by atoms with Crippen molar-refractivity contribution in [2.75, 3.05) is 33.7 Å². The lowest BCUT2D eigenvalue weighted by Crippen LogP contribution is -2.57. The van der Waals surface area contributed by atoms with Crippen molar-refractivity contribution in [3.63, 3.8) is 0 Å². The quantitative estimate of drug-likeness (QED) is 0.177. The van der Waals surface area contributed by atoms with Crippen LogP contribution in [0.5, 0.6) is 0 Å². The van der Waals surface area contributed by atoms with Gasteiger partial charge in [-0.05, 0) is 98.4 Å². The Kier molecular flexibility index (Phi) is 12.4. The summed E-state index contributed by atoms with van der Waals surface area (Å²) in [4.78, 5) is 48.4. The molecule has 2 unspecified atom stereocenters. The van der Waals surface area contributed by atoms with Gasteiger partial charge in [0.25, 0.3) is 5.91 Å². The van der Waals surface area contributed by atoms with Crippen LogP contribution < -0.4 is 11.1 Å². The van der Waals surface area contributed by atoms with E-state index in [0.29, 0.717) is 18.2 Å². The zero-order valence-electron chi connectivity index (χ0n) is 29.6. The predicted molar refractivity (Wildman–Crippen MR) is 197 cm³/mol. The number of halogens is 1. The van der Waals surface area contributed by atoms with Gasteiger partial charge in [0.1, 0.15) is 17.9 Å². The summed E-state index contributed by atoms with van der Waals surface area (Å²) in [5.41, 5.74) is 9.03. The maximum absolute atomic E-state index is 14.8. The number of carbonyl (C=O) groups is 3. The van der Waals surface area contributed by atoms with E-state index in [9.17, 15) is 18.8 Å². The summed E-state index contributed by atoms with van der Waals surface area (Å²) in [5.74, 6) is -1.30. The molecule has 1 aliphatic heterocycles. The van der Waals surface area contributed by atoms with E-state index in [4.69, 9.17) is 5.73 Å². The summed E-state index contributed by atoms with van der Waals surface area (Å²) < 4.78 is 13.8. The van der Waals surface area contributed by atoms with Gasteiger partial charge in [-0.2, -0.15) is 0 Å². The molecular weight excluding hydrogens is 629 g/mol. The monoisotopic (exact) mass is 679 g/mol. The lowest BCUT2D eigenvalue weighted by atomic mass is 9.97. The lowest BCUT2D eigenvalue weighted by molar-refractivity contribution is -0.142. The van der Waals surface area contributed by atoms with Gasteiger partial charge in [0.15, 0.2) is 0 Å². The maximum Gasteiger partial charge on any atom is 0.254 e. The molecule has 8 nitrogen and oxygen atoms in total. The maximum atomic E-state index is 14.8. The molecule has 1 aliphatic rings. The molecule has 4 atom stereocenters. The Morgan fingerprint density at radius 2 is 1.62 bits per heavy atom.